The number of carbonyl (C=O) groups excluding carboxylic acids is 1. The van der Waals surface area contributed by atoms with Crippen LogP contribution in [0.4, 0.5) is 4.79 Å². The Morgan fingerprint density at radius 3 is 2.75 bits per heavy atom. The number of hydrogen-bond acceptors (Lipinski definition) is 3. The molecular formula is C11H21N3O2. The Kier molecular flexibility index (Phi) is 4.01. The standard InChI is InChI=1S/C11H21N3O2/c1-16-10-8-12-7-9(10)13-11(15)14-5-3-2-4-6-14/h9-10,12H,2-8H2,1H3,(H,13,15)/t9?,10-/m0/s1. The van der Waals surface area contributed by atoms with Crippen molar-refractivity contribution in [2.45, 2.75) is 31.4 Å². The molecule has 0 spiro atoms. The van der Waals surface area contributed by atoms with E-state index in [1.165, 1.54) is 6.42 Å². The highest BCUT2D eigenvalue weighted by Gasteiger charge is 2.29. The molecule has 2 aliphatic rings. The van der Waals surface area contributed by atoms with Gasteiger partial charge in [0.1, 0.15) is 0 Å². The molecule has 2 amide bonds. The second-order valence-electron chi connectivity index (χ2n) is 4.54. The number of hydrogen-bond donors (Lipinski definition) is 2. The van der Waals surface area contributed by atoms with Gasteiger partial charge < -0.3 is 20.3 Å². The highest BCUT2D eigenvalue weighted by molar-refractivity contribution is 5.74. The van der Waals surface area contributed by atoms with E-state index >= 15 is 0 Å². The number of rotatable bonds is 2. The van der Waals surface area contributed by atoms with E-state index < -0.39 is 0 Å². The van der Waals surface area contributed by atoms with Gasteiger partial charge in [-0.15, -0.1) is 0 Å². The van der Waals surface area contributed by atoms with Crippen molar-refractivity contribution in [2.75, 3.05) is 33.3 Å². The lowest BCUT2D eigenvalue weighted by Crippen LogP contribution is -2.50. The third-order valence-electron chi connectivity index (χ3n) is 3.41. The first kappa shape index (κ1) is 11.7. The molecule has 2 heterocycles. The fourth-order valence-corrected chi connectivity index (χ4v) is 2.39. The van der Waals surface area contributed by atoms with Gasteiger partial charge in [-0.1, -0.05) is 0 Å². The molecular weight excluding hydrogens is 206 g/mol. The average Bonchev–Trinajstić information content (AvgIpc) is 2.77. The minimum Gasteiger partial charge on any atom is -0.378 e. The smallest absolute Gasteiger partial charge is 0.317 e. The lowest BCUT2D eigenvalue weighted by atomic mass is 10.1. The highest BCUT2D eigenvalue weighted by atomic mass is 16.5. The third-order valence-corrected chi connectivity index (χ3v) is 3.41. The van der Waals surface area contributed by atoms with E-state index in [0.717, 1.165) is 39.0 Å². The van der Waals surface area contributed by atoms with E-state index in [-0.39, 0.29) is 18.2 Å². The maximum absolute atomic E-state index is 11.9. The molecule has 0 saturated carbocycles. The summed E-state index contributed by atoms with van der Waals surface area (Å²) in [6.45, 7) is 3.41. The number of likely N-dealkylation sites (tertiary alicyclic amines) is 1. The van der Waals surface area contributed by atoms with Crippen LogP contribution in [0.15, 0.2) is 0 Å². The first-order valence-electron chi connectivity index (χ1n) is 6.10. The summed E-state index contributed by atoms with van der Waals surface area (Å²) < 4.78 is 5.32. The second kappa shape index (κ2) is 5.50. The lowest BCUT2D eigenvalue weighted by Gasteiger charge is -2.29. The van der Waals surface area contributed by atoms with Crippen LogP contribution in [0.2, 0.25) is 0 Å². The molecule has 0 bridgehead atoms. The number of ether oxygens (including phenoxy) is 1. The van der Waals surface area contributed by atoms with Crippen LogP contribution >= 0.6 is 0 Å². The van der Waals surface area contributed by atoms with Gasteiger partial charge in [-0.25, -0.2) is 4.79 Å². The molecule has 0 aromatic carbocycles. The number of methoxy groups -OCH3 is 1. The Balaban J connectivity index is 1.81. The Morgan fingerprint density at radius 2 is 2.06 bits per heavy atom. The van der Waals surface area contributed by atoms with Gasteiger partial charge >= 0.3 is 6.03 Å². The topological polar surface area (TPSA) is 53.6 Å². The van der Waals surface area contributed by atoms with Crippen molar-refractivity contribution in [1.29, 1.82) is 0 Å². The van der Waals surface area contributed by atoms with Gasteiger partial charge in [-0.05, 0) is 19.3 Å². The maximum atomic E-state index is 11.9. The van der Waals surface area contributed by atoms with Crippen molar-refractivity contribution in [2.24, 2.45) is 0 Å². The summed E-state index contributed by atoms with van der Waals surface area (Å²) in [5, 5.41) is 6.27. The van der Waals surface area contributed by atoms with E-state index in [1.807, 2.05) is 4.90 Å². The molecule has 2 saturated heterocycles. The molecule has 2 aliphatic heterocycles. The van der Waals surface area contributed by atoms with Crippen LogP contribution in [0.5, 0.6) is 0 Å². The van der Waals surface area contributed by atoms with Crippen LogP contribution in [0.3, 0.4) is 0 Å². The quantitative estimate of drug-likeness (QED) is 0.707. The molecule has 0 aromatic heterocycles. The van der Waals surface area contributed by atoms with Crippen LogP contribution < -0.4 is 10.6 Å². The molecule has 2 rings (SSSR count). The van der Waals surface area contributed by atoms with E-state index in [1.54, 1.807) is 7.11 Å². The number of urea groups is 1. The van der Waals surface area contributed by atoms with Gasteiger partial charge in [0, 0.05) is 33.3 Å². The molecule has 2 N–H and O–H groups in total. The summed E-state index contributed by atoms with van der Waals surface area (Å²) >= 11 is 0. The zero-order valence-electron chi connectivity index (χ0n) is 9.87. The minimum absolute atomic E-state index is 0.0652. The van der Waals surface area contributed by atoms with E-state index in [9.17, 15) is 4.79 Å². The summed E-state index contributed by atoms with van der Waals surface area (Å²) in [6, 6.07) is 0.176. The van der Waals surface area contributed by atoms with Crippen molar-refractivity contribution < 1.29 is 9.53 Å². The van der Waals surface area contributed by atoms with Gasteiger partial charge in [-0.3, -0.25) is 0 Å². The zero-order valence-corrected chi connectivity index (χ0v) is 9.87. The summed E-state index contributed by atoms with van der Waals surface area (Å²) in [4.78, 5) is 13.9. The van der Waals surface area contributed by atoms with Gasteiger partial charge in [0.05, 0.1) is 12.1 Å². The normalized spacial score (nSPS) is 30.4. The van der Waals surface area contributed by atoms with Crippen molar-refractivity contribution in [3.63, 3.8) is 0 Å². The van der Waals surface area contributed by atoms with Crippen LogP contribution in [0.1, 0.15) is 19.3 Å². The third kappa shape index (κ3) is 2.65. The van der Waals surface area contributed by atoms with E-state index in [0.29, 0.717) is 0 Å². The average molecular weight is 227 g/mol. The summed E-state index contributed by atoms with van der Waals surface area (Å²) in [5.74, 6) is 0. The molecule has 5 heteroatoms. The number of nitrogens with zero attached hydrogens (tertiary/aromatic N) is 1. The predicted molar refractivity (Wildman–Crippen MR) is 61.4 cm³/mol. The van der Waals surface area contributed by atoms with E-state index in [4.69, 9.17) is 4.74 Å². The van der Waals surface area contributed by atoms with Gasteiger partial charge in [-0.2, -0.15) is 0 Å². The molecule has 5 nitrogen and oxygen atoms in total. The largest absolute Gasteiger partial charge is 0.378 e. The van der Waals surface area contributed by atoms with E-state index in [2.05, 4.69) is 10.6 Å². The number of carbonyl (C=O) groups is 1. The molecule has 1 unspecified atom stereocenters. The predicted octanol–water partition coefficient (Wildman–Crippen LogP) is 0.169. The second-order valence-corrected chi connectivity index (χ2v) is 4.54. The maximum Gasteiger partial charge on any atom is 0.317 e. The van der Waals surface area contributed by atoms with Crippen LogP contribution in [-0.4, -0.2) is 56.4 Å². The van der Waals surface area contributed by atoms with Gasteiger partial charge in [0.2, 0.25) is 0 Å². The highest BCUT2D eigenvalue weighted by Crippen LogP contribution is 2.10. The Labute approximate surface area is 96.5 Å². The zero-order chi connectivity index (χ0) is 11.4. The van der Waals surface area contributed by atoms with Gasteiger partial charge in [0.25, 0.3) is 0 Å². The van der Waals surface area contributed by atoms with Crippen LogP contribution in [0, 0.1) is 0 Å². The Morgan fingerprint density at radius 1 is 1.31 bits per heavy atom. The van der Waals surface area contributed by atoms with Crippen molar-refractivity contribution in [1.82, 2.24) is 15.5 Å². The summed E-state index contributed by atoms with van der Waals surface area (Å²) in [7, 11) is 1.69. The molecule has 2 fully saturated rings. The first-order chi connectivity index (χ1) is 7.81. The van der Waals surface area contributed by atoms with Crippen LogP contribution in [0.25, 0.3) is 0 Å². The lowest BCUT2D eigenvalue weighted by molar-refractivity contribution is 0.0946. The Hall–Kier alpha value is -0.810. The summed E-state index contributed by atoms with van der Waals surface area (Å²) in [5.41, 5.74) is 0. The molecule has 0 aliphatic carbocycles. The fourth-order valence-electron chi connectivity index (χ4n) is 2.39. The van der Waals surface area contributed by atoms with Crippen molar-refractivity contribution in [3.8, 4) is 0 Å². The molecule has 16 heavy (non-hydrogen) atoms. The van der Waals surface area contributed by atoms with Gasteiger partial charge in [0.15, 0.2) is 0 Å². The van der Waals surface area contributed by atoms with Crippen molar-refractivity contribution >= 4 is 6.03 Å². The molecule has 0 aromatic rings. The Bertz CT molecular complexity index is 241. The van der Waals surface area contributed by atoms with Crippen molar-refractivity contribution in [3.05, 3.63) is 0 Å². The molecule has 0 radical (unpaired) electrons. The number of piperidine rings is 1. The number of nitrogens with one attached hydrogen (secondary N) is 2. The minimum atomic E-state index is 0.0652. The fraction of sp³-hybridized carbons (Fsp3) is 0.909. The summed E-state index contributed by atoms with van der Waals surface area (Å²) in [6.07, 6.45) is 3.61. The molecule has 92 valence electrons. The monoisotopic (exact) mass is 227 g/mol. The number of amides is 2. The van der Waals surface area contributed by atoms with Crippen LogP contribution in [-0.2, 0) is 4.74 Å². The SMILES string of the molecule is CO[C@H]1CNCC1NC(=O)N1CCCCC1. The molecule has 2 atom stereocenters. The first-order valence-corrected chi connectivity index (χ1v) is 6.10.